The van der Waals surface area contributed by atoms with E-state index in [-0.39, 0.29) is 102 Å². The van der Waals surface area contributed by atoms with Gasteiger partial charge in [-0.05, 0) is 96.4 Å². The number of likely N-dealkylation sites (tertiary alicyclic amines) is 1. The molecule has 11 amide bonds. The Morgan fingerprint density at radius 2 is 1.09 bits per heavy atom. The number of carbonyl (C=O) groups is 14. The van der Waals surface area contributed by atoms with Gasteiger partial charge in [0.15, 0.2) is 12.0 Å². The van der Waals surface area contributed by atoms with Gasteiger partial charge in [0.2, 0.25) is 65.0 Å². The highest BCUT2D eigenvalue weighted by atomic mass is 32.1. The number of nitrogens with zero attached hydrogens (tertiary/aromatic N) is 4. The molecule has 3 rings (SSSR count). The zero-order valence-corrected chi connectivity index (χ0v) is 51.1. The van der Waals surface area contributed by atoms with Crippen LogP contribution in [0.2, 0.25) is 0 Å². The Balaban J connectivity index is 1.80. The van der Waals surface area contributed by atoms with Crippen LogP contribution in [0, 0.1) is 5.92 Å². The van der Waals surface area contributed by atoms with Crippen LogP contribution in [0.3, 0.4) is 0 Å². The second-order valence-electron chi connectivity index (χ2n) is 22.0. The standard InChI is InChI=1S/C52H86N16O18S2/c1-25(2)21-31(62-48(81)35-12-8-20-67(35)68-36(50(83)84)14-16-38(68)71)49(82)66-19-7-11-34(66)47(80)61-30(22-39(72)73)44(77)63-33(24-88)46(79)64-32(23-87)45(78)59-28(10-6-18-57-52(55)56)41(74)60-29(13-15-37(54)70)42(75)58-27(9-4-5-17-53)43(76)65-40(26(3)69)51(85)86/h25-36,40,69,87-88H,4-24,53H2,1-3H3,(H2,54,70)(H,58,75)(H,59,78)(H,60,74)(H,61,80)(H,62,81)(H,63,77)(H,64,79)(H,65,76)(H,72,73)(H,83,84)(H,85,86)(H4,55,56,57)/t26-,27+,28+,29+,30+,31+,32+,33+,34+,35+,36?,40+/m1/s1. The van der Waals surface area contributed by atoms with E-state index in [1.165, 1.54) is 9.91 Å². The molecule has 88 heavy (non-hydrogen) atoms. The molecule has 3 aliphatic heterocycles. The molecule has 20 N–H and O–H groups in total. The van der Waals surface area contributed by atoms with E-state index in [4.69, 9.17) is 22.9 Å². The summed E-state index contributed by atoms with van der Waals surface area (Å²) in [6, 6.07) is -16.1. The molecule has 36 heteroatoms. The second-order valence-corrected chi connectivity index (χ2v) is 22.7. The highest BCUT2D eigenvalue weighted by molar-refractivity contribution is 7.80. The minimum absolute atomic E-state index is 0.0137. The number of hydrogen-bond acceptors (Lipinski definition) is 20. The highest BCUT2D eigenvalue weighted by Gasteiger charge is 2.47. The van der Waals surface area contributed by atoms with Crippen LogP contribution < -0.4 is 65.5 Å². The van der Waals surface area contributed by atoms with Crippen LogP contribution in [-0.2, 0) is 67.1 Å². The number of carbonyl (C=O) groups excluding carboxylic acids is 11. The minimum Gasteiger partial charge on any atom is -0.481 e. The van der Waals surface area contributed by atoms with Gasteiger partial charge in [-0.1, -0.05) is 13.8 Å². The van der Waals surface area contributed by atoms with E-state index in [1.807, 2.05) is 0 Å². The Labute approximate surface area is 518 Å². The second kappa shape index (κ2) is 36.7. The molecule has 3 saturated heterocycles. The maximum Gasteiger partial charge on any atom is 0.328 e. The smallest absolute Gasteiger partial charge is 0.328 e. The van der Waals surface area contributed by atoms with E-state index in [2.05, 4.69) is 72.8 Å². The number of nitrogens with two attached hydrogens (primary N) is 4. The molecule has 0 radical (unpaired) electrons. The number of nitrogens with one attached hydrogen (secondary N) is 8. The van der Waals surface area contributed by atoms with Gasteiger partial charge in [-0.2, -0.15) is 25.3 Å². The summed E-state index contributed by atoms with van der Waals surface area (Å²) in [5.74, 6) is -15.8. The van der Waals surface area contributed by atoms with Gasteiger partial charge in [0.25, 0.3) is 0 Å². The lowest BCUT2D eigenvalue weighted by Gasteiger charge is -2.36. The molecule has 494 valence electrons. The van der Waals surface area contributed by atoms with E-state index in [9.17, 15) is 87.5 Å². The van der Waals surface area contributed by atoms with Crippen LogP contribution in [0.15, 0.2) is 4.99 Å². The van der Waals surface area contributed by atoms with Gasteiger partial charge >= 0.3 is 17.9 Å². The number of hydrogen-bond donors (Lipinski definition) is 18. The van der Waals surface area contributed by atoms with E-state index < -0.39 is 186 Å². The lowest BCUT2D eigenvalue weighted by atomic mass is 10.0. The van der Waals surface area contributed by atoms with Crippen molar-refractivity contribution in [3.8, 4) is 0 Å². The molecule has 0 bridgehead atoms. The average Bonchev–Trinajstić information content (AvgIpc) is 1.75. The topological polar surface area (TPSA) is 542 Å². The molecular weight excluding hydrogens is 1200 g/mol. The lowest BCUT2D eigenvalue weighted by molar-refractivity contribution is -0.165. The molecule has 1 unspecified atom stereocenters. The van der Waals surface area contributed by atoms with Gasteiger partial charge < -0.3 is 90.8 Å². The van der Waals surface area contributed by atoms with Crippen molar-refractivity contribution in [2.75, 3.05) is 37.7 Å². The van der Waals surface area contributed by atoms with Crippen LogP contribution in [0.4, 0.5) is 0 Å². The van der Waals surface area contributed by atoms with Crippen molar-refractivity contribution in [3.05, 3.63) is 0 Å². The fourth-order valence-electron chi connectivity index (χ4n) is 10.1. The Bertz CT molecular complexity index is 2560. The van der Waals surface area contributed by atoms with Crippen LogP contribution in [0.25, 0.3) is 0 Å². The summed E-state index contributed by atoms with van der Waals surface area (Å²) in [7, 11) is 0. The third-order valence-electron chi connectivity index (χ3n) is 14.6. The molecule has 0 aromatic heterocycles. The van der Waals surface area contributed by atoms with E-state index in [0.717, 1.165) is 11.9 Å². The first-order valence-electron chi connectivity index (χ1n) is 28.9. The summed E-state index contributed by atoms with van der Waals surface area (Å²) >= 11 is 8.36. The molecule has 0 spiro atoms. The number of unbranched alkanes of at least 4 members (excludes halogenated alkanes) is 1. The number of aliphatic hydroxyl groups excluding tert-OH is 1. The van der Waals surface area contributed by atoms with Crippen molar-refractivity contribution in [1.29, 1.82) is 0 Å². The number of aliphatic hydroxyl groups is 1. The molecule has 0 aromatic carbocycles. The Hall–Kier alpha value is -7.57. The molecule has 3 aliphatic rings. The SMILES string of the molecule is CC(C)C[C@H](NC(=O)[C@@H]1CCCN1N1C(=O)CCC1C(=O)O)C(=O)N1CCC[C@H]1C(=O)N[C@@H](CC(=O)O)C(=O)N[C@@H](CS)C(=O)N[C@@H](CS)C(=O)N[C@@H](CCCN=C(N)N)C(=O)N[C@@H](CCC(N)=O)C(=O)N[C@@H](CCCCN)C(=O)N[C@H](C(=O)O)[C@@H](C)O. The fraction of sp³-hybridized carbons (Fsp3) is 0.712. The summed E-state index contributed by atoms with van der Waals surface area (Å²) in [5.41, 5.74) is 21.9. The van der Waals surface area contributed by atoms with Crippen molar-refractivity contribution in [1.82, 2.24) is 57.5 Å². The average molecular weight is 1290 g/mol. The summed E-state index contributed by atoms with van der Waals surface area (Å²) in [5, 5.41) is 61.0. The van der Waals surface area contributed by atoms with Gasteiger partial charge in [-0.25, -0.2) is 14.6 Å². The zero-order valence-electron chi connectivity index (χ0n) is 49.4. The summed E-state index contributed by atoms with van der Waals surface area (Å²) < 4.78 is 0. The molecule has 0 aliphatic carbocycles. The Morgan fingerprint density at radius 1 is 0.602 bits per heavy atom. The molecule has 12 atom stereocenters. The highest BCUT2D eigenvalue weighted by Crippen LogP contribution is 2.29. The lowest BCUT2D eigenvalue weighted by Crippen LogP contribution is -2.61. The van der Waals surface area contributed by atoms with Gasteiger partial charge in [0.05, 0.1) is 12.5 Å². The van der Waals surface area contributed by atoms with Crippen LogP contribution in [0.5, 0.6) is 0 Å². The predicted octanol–water partition coefficient (Wildman–Crippen LogP) is -6.40. The Kier molecular flexibility index (Phi) is 31.1. The third-order valence-corrected chi connectivity index (χ3v) is 15.3. The number of carboxylic acids is 3. The van der Waals surface area contributed by atoms with Crippen LogP contribution in [-0.4, -0.2) is 234 Å². The first kappa shape index (κ1) is 74.7. The van der Waals surface area contributed by atoms with Crippen molar-refractivity contribution in [2.24, 2.45) is 33.8 Å². The molecule has 34 nitrogen and oxygen atoms in total. The first-order valence-corrected chi connectivity index (χ1v) is 30.2. The van der Waals surface area contributed by atoms with Crippen LogP contribution >= 0.6 is 25.3 Å². The summed E-state index contributed by atoms with van der Waals surface area (Å²) in [6.45, 7) is 5.06. The quantitative estimate of drug-likeness (QED) is 0.0118. The largest absolute Gasteiger partial charge is 0.481 e. The van der Waals surface area contributed by atoms with Gasteiger partial charge in [0.1, 0.15) is 60.4 Å². The van der Waals surface area contributed by atoms with Crippen LogP contribution in [0.1, 0.15) is 117 Å². The van der Waals surface area contributed by atoms with Gasteiger partial charge in [0, 0.05) is 44.0 Å². The number of primary amides is 1. The molecule has 0 aromatic rings. The number of aliphatic imine (C=N–C) groups is 1. The van der Waals surface area contributed by atoms with Gasteiger partial charge in [-0.15, -0.1) is 0 Å². The minimum atomic E-state index is -1.87. The number of thiol groups is 2. The maximum atomic E-state index is 14.3. The Morgan fingerprint density at radius 3 is 1.59 bits per heavy atom. The van der Waals surface area contributed by atoms with Crippen molar-refractivity contribution >= 4 is 114 Å². The number of rotatable bonds is 38. The molecule has 3 fully saturated rings. The van der Waals surface area contributed by atoms with E-state index in [1.54, 1.807) is 13.8 Å². The maximum absolute atomic E-state index is 14.3. The number of aliphatic carboxylic acids is 3. The third kappa shape index (κ3) is 23.2. The van der Waals surface area contributed by atoms with Crippen molar-refractivity contribution in [3.63, 3.8) is 0 Å². The van der Waals surface area contributed by atoms with Gasteiger partial charge in [-0.3, -0.25) is 67.5 Å². The molecule has 3 heterocycles. The summed E-state index contributed by atoms with van der Waals surface area (Å²) in [6.07, 6.45) is -2.01. The predicted molar refractivity (Wildman–Crippen MR) is 317 cm³/mol. The molecular formula is C52H86N16O18S2. The molecule has 0 saturated carbocycles. The monoisotopic (exact) mass is 1290 g/mol. The number of carboxylic acid groups (broad SMARTS) is 3. The van der Waals surface area contributed by atoms with E-state index in [0.29, 0.717) is 12.8 Å². The number of hydrazine groups is 1. The number of guanidine groups is 1. The van der Waals surface area contributed by atoms with Crippen molar-refractivity contribution in [2.45, 2.75) is 190 Å². The number of amides is 11. The van der Waals surface area contributed by atoms with Crippen molar-refractivity contribution < 1.29 is 87.5 Å². The first-order chi connectivity index (χ1) is 41.4. The summed E-state index contributed by atoms with van der Waals surface area (Å²) in [4.78, 5) is 191. The normalized spacial score (nSPS) is 19.7. The zero-order chi connectivity index (χ0) is 66.1. The van der Waals surface area contributed by atoms with E-state index >= 15 is 0 Å². The fourth-order valence-corrected chi connectivity index (χ4v) is 10.6.